The van der Waals surface area contributed by atoms with E-state index in [4.69, 9.17) is 44.1 Å². The number of carbonyl (C=O) groups is 2. The Morgan fingerprint density at radius 3 is 1.27 bits per heavy atom. The molecule has 0 atom stereocenters. The van der Waals surface area contributed by atoms with E-state index in [9.17, 15) is 9.59 Å². The van der Waals surface area contributed by atoms with E-state index in [-0.39, 0.29) is 6.09 Å². The summed E-state index contributed by atoms with van der Waals surface area (Å²) in [6.07, 6.45) is 7.06. The first-order valence-electron chi connectivity index (χ1n) is 21.0. The molecule has 8 rings (SSSR count). The molecule has 8 aromatic rings. The molecule has 0 aliphatic carbocycles. The molecule has 64 heavy (non-hydrogen) atoms. The molecule has 0 saturated carbocycles. The highest BCUT2D eigenvalue weighted by Crippen LogP contribution is 2.27. The molecule has 12 nitrogen and oxygen atoms in total. The number of amides is 2. The molecule has 4 aromatic heterocycles. The summed E-state index contributed by atoms with van der Waals surface area (Å²) in [5.41, 5.74) is 19.1. The summed E-state index contributed by atoms with van der Waals surface area (Å²) in [6.45, 7) is 13.1. The highest BCUT2D eigenvalue weighted by atomic mass is 35.5. The minimum absolute atomic E-state index is 0.388. The summed E-state index contributed by atoms with van der Waals surface area (Å²) >= 11 is 12.2. The summed E-state index contributed by atoms with van der Waals surface area (Å²) in [7, 11) is 7.99. The topological polar surface area (TPSA) is 148 Å². The number of halogens is 2. The van der Waals surface area contributed by atoms with E-state index < -0.39 is 17.3 Å². The molecule has 0 fully saturated rings. The van der Waals surface area contributed by atoms with Crippen molar-refractivity contribution in [1.82, 2.24) is 28.9 Å². The number of fused-ring (bicyclic) bond motifs is 4. The fraction of sp³-hybridized carbons (Fsp3) is 0.320. The van der Waals surface area contributed by atoms with Gasteiger partial charge in [0, 0.05) is 112 Å². The van der Waals surface area contributed by atoms with Gasteiger partial charge in [0.25, 0.3) is 0 Å². The van der Waals surface area contributed by atoms with Gasteiger partial charge in [-0.2, -0.15) is 0 Å². The third-order valence-corrected chi connectivity index (χ3v) is 10.7. The lowest BCUT2D eigenvalue weighted by Gasteiger charge is -2.19. The molecule has 0 bridgehead atoms. The molecule has 0 saturated heterocycles. The molecule has 14 heteroatoms. The molecule has 4 aromatic carbocycles. The number of hydrogen-bond acceptors (Lipinski definition) is 6. The molecular weight excluding hydrogens is 848 g/mol. The van der Waals surface area contributed by atoms with Crippen LogP contribution >= 0.6 is 23.2 Å². The van der Waals surface area contributed by atoms with Crippen LogP contribution in [0.3, 0.4) is 0 Å². The standard InChI is InChI=1S/C15H19ClN2O2.C15H20N2O2.C10H11ClN2.C10H12N2/c1-15(2,3)20-14(19)17-8-10-5-6-13-11(7-10)12(16)9-18(13)4;1-15(2,3)19-14(18)16-10-11-5-6-13-12(9-11)7-8-17(13)4;1-13-6-9(11)8-4-7(5-12)2-3-10(8)13;1-12-5-4-9-6-8(7-11)2-3-10(9)12/h5-7,9H,8H2,1-4H3,(H,17,19);5-9H,10H2,1-4H3,(H,16,18);2-4,6H,5,12H2,1H3;2-6H,7,11H2,1H3. The largest absolute Gasteiger partial charge is 0.444 e. The van der Waals surface area contributed by atoms with E-state index >= 15 is 0 Å². The van der Waals surface area contributed by atoms with Crippen molar-refractivity contribution in [3.63, 3.8) is 0 Å². The molecule has 0 aliphatic rings. The predicted octanol–water partition coefficient (Wildman–Crippen LogP) is 11.0. The van der Waals surface area contributed by atoms with E-state index in [1.54, 1.807) is 0 Å². The number of alkyl carbamates (subject to hydrolysis) is 2. The summed E-state index contributed by atoms with van der Waals surface area (Å²) in [5, 5.41) is 11.5. The van der Waals surface area contributed by atoms with Crippen molar-refractivity contribution >= 4 is 79.0 Å². The minimum atomic E-state index is -0.489. The SMILES string of the molecule is Cn1cc(Cl)c2cc(CN)ccc21.Cn1cc(Cl)c2cc(CNC(=O)OC(C)(C)C)ccc21.Cn1ccc2cc(CN)ccc21.Cn1ccc2cc(CNC(=O)OC(C)(C)C)ccc21. The number of ether oxygens (including phenoxy) is 2. The maximum Gasteiger partial charge on any atom is 0.407 e. The number of aryl methyl sites for hydroxylation is 4. The molecule has 0 unspecified atom stereocenters. The number of nitrogens with one attached hydrogen (secondary N) is 2. The van der Waals surface area contributed by atoms with Gasteiger partial charge in [-0.25, -0.2) is 9.59 Å². The van der Waals surface area contributed by atoms with Gasteiger partial charge in [0.1, 0.15) is 11.2 Å². The Hall–Kier alpha value is -5.92. The molecule has 0 spiro atoms. The number of rotatable bonds is 6. The molecule has 0 aliphatic heterocycles. The summed E-state index contributed by atoms with van der Waals surface area (Å²) in [4.78, 5) is 23.2. The lowest BCUT2D eigenvalue weighted by Crippen LogP contribution is -2.32. The maximum atomic E-state index is 11.6. The molecule has 2 amide bonds. The molecule has 6 N–H and O–H groups in total. The van der Waals surface area contributed by atoms with E-state index in [1.807, 2.05) is 140 Å². The highest BCUT2D eigenvalue weighted by Gasteiger charge is 2.17. The number of aromatic nitrogens is 4. The number of benzene rings is 4. The zero-order valence-corrected chi connectivity index (χ0v) is 40.1. The van der Waals surface area contributed by atoms with Crippen LogP contribution in [0.2, 0.25) is 10.0 Å². The van der Waals surface area contributed by atoms with Gasteiger partial charge in [-0.1, -0.05) is 47.5 Å². The van der Waals surface area contributed by atoms with Gasteiger partial charge in [-0.15, -0.1) is 0 Å². The molecule has 4 heterocycles. The average molecular weight is 910 g/mol. The monoisotopic (exact) mass is 908 g/mol. The predicted molar refractivity (Wildman–Crippen MR) is 264 cm³/mol. The number of nitrogens with two attached hydrogens (primary N) is 2. The molecular formula is C50H62Cl2N8O4. The lowest BCUT2D eigenvalue weighted by atomic mass is 10.1. The summed E-state index contributed by atoms with van der Waals surface area (Å²) < 4.78 is 18.6. The Bertz CT molecular complexity index is 2860. The second-order valence-corrected chi connectivity index (χ2v) is 18.5. The van der Waals surface area contributed by atoms with Crippen LogP contribution in [0.4, 0.5) is 9.59 Å². The highest BCUT2D eigenvalue weighted by molar-refractivity contribution is 6.36. The molecule has 340 valence electrons. The van der Waals surface area contributed by atoms with E-state index in [1.165, 1.54) is 27.4 Å². The van der Waals surface area contributed by atoms with Crippen LogP contribution in [0.15, 0.2) is 110 Å². The third-order valence-electron chi connectivity index (χ3n) is 10.1. The Labute approximate surface area is 386 Å². The van der Waals surface area contributed by atoms with Gasteiger partial charge in [0.2, 0.25) is 0 Å². The zero-order valence-electron chi connectivity index (χ0n) is 38.6. The summed E-state index contributed by atoms with van der Waals surface area (Å²) in [6, 6.07) is 28.7. The normalized spacial score (nSPS) is 11.3. The van der Waals surface area contributed by atoms with Crippen molar-refractivity contribution in [3.05, 3.63) is 142 Å². The third kappa shape index (κ3) is 13.5. The van der Waals surface area contributed by atoms with Crippen LogP contribution in [0, 0.1) is 0 Å². The quantitative estimate of drug-likeness (QED) is 0.131. The van der Waals surface area contributed by atoms with Crippen molar-refractivity contribution < 1.29 is 19.1 Å². The number of carbonyl (C=O) groups excluding carboxylic acids is 2. The van der Waals surface area contributed by atoms with Gasteiger partial charge in [0.15, 0.2) is 0 Å². The smallest absolute Gasteiger partial charge is 0.407 e. The Kier molecular flexibility index (Phi) is 16.2. The fourth-order valence-corrected chi connectivity index (χ4v) is 7.49. The van der Waals surface area contributed by atoms with Gasteiger partial charge < -0.3 is 49.8 Å². The number of nitrogens with zero attached hydrogens (tertiary/aromatic N) is 4. The Morgan fingerprint density at radius 1 is 0.516 bits per heavy atom. The Morgan fingerprint density at radius 2 is 0.859 bits per heavy atom. The first-order valence-corrected chi connectivity index (χ1v) is 21.8. The van der Waals surface area contributed by atoms with Crippen molar-refractivity contribution in [2.75, 3.05) is 0 Å². The van der Waals surface area contributed by atoms with Gasteiger partial charge >= 0.3 is 12.2 Å². The minimum Gasteiger partial charge on any atom is -0.444 e. The number of hydrogen-bond donors (Lipinski definition) is 4. The van der Waals surface area contributed by atoms with Crippen LogP contribution in [0.1, 0.15) is 63.8 Å². The van der Waals surface area contributed by atoms with Crippen molar-refractivity contribution in [2.45, 2.75) is 78.9 Å². The van der Waals surface area contributed by atoms with Crippen LogP contribution < -0.4 is 22.1 Å². The van der Waals surface area contributed by atoms with Gasteiger partial charge in [-0.3, -0.25) is 0 Å². The van der Waals surface area contributed by atoms with Crippen LogP contribution in [-0.4, -0.2) is 41.7 Å². The van der Waals surface area contributed by atoms with Crippen molar-refractivity contribution in [1.29, 1.82) is 0 Å². The zero-order chi connectivity index (χ0) is 46.9. The second kappa shape index (κ2) is 21.2. The van der Waals surface area contributed by atoms with Crippen molar-refractivity contribution in [3.8, 4) is 0 Å². The molecule has 0 radical (unpaired) electrons. The van der Waals surface area contributed by atoms with E-state index in [0.717, 1.165) is 43.5 Å². The van der Waals surface area contributed by atoms with Crippen LogP contribution in [0.25, 0.3) is 43.6 Å². The lowest BCUT2D eigenvalue weighted by molar-refractivity contribution is 0.0512. The van der Waals surface area contributed by atoms with Crippen LogP contribution in [0.5, 0.6) is 0 Å². The van der Waals surface area contributed by atoms with Gasteiger partial charge in [0.05, 0.1) is 10.0 Å². The first kappa shape index (κ1) is 49.1. The first-order chi connectivity index (χ1) is 30.1. The summed E-state index contributed by atoms with van der Waals surface area (Å²) in [5.74, 6) is 0. The van der Waals surface area contributed by atoms with E-state index in [2.05, 4.69) is 68.4 Å². The van der Waals surface area contributed by atoms with Crippen molar-refractivity contribution in [2.24, 2.45) is 39.7 Å². The Balaban J connectivity index is 0.000000164. The van der Waals surface area contributed by atoms with Crippen LogP contribution in [-0.2, 0) is 63.8 Å². The van der Waals surface area contributed by atoms with Gasteiger partial charge in [-0.05, 0) is 135 Å². The maximum absolute atomic E-state index is 11.6. The average Bonchev–Trinajstić information content (AvgIpc) is 3.97. The van der Waals surface area contributed by atoms with E-state index in [0.29, 0.717) is 31.2 Å². The fourth-order valence-electron chi connectivity index (χ4n) is 6.90. The second-order valence-electron chi connectivity index (χ2n) is 17.6.